The van der Waals surface area contributed by atoms with Crippen molar-refractivity contribution in [1.29, 1.82) is 0 Å². The molecule has 25 heavy (non-hydrogen) atoms. The van der Waals surface area contributed by atoms with Gasteiger partial charge in [0.05, 0.1) is 17.5 Å². The second-order valence-corrected chi connectivity index (χ2v) is 5.55. The Morgan fingerprint density at radius 1 is 1.08 bits per heavy atom. The maximum Gasteiger partial charge on any atom is 0.173 e. The van der Waals surface area contributed by atoms with E-state index in [1.54, 1.807) is 16.9 Å². The first-order chi connectivity index (χ1) is 12.3. The lowest BCUT2D eigenvalue weighted by atomic mass is 10.1. The summed E-state index contributed by atoms with van der Waals surface area (Å²) in [4.78, 5) is 8.84. The van der Waals surface area contributed by atoms with E-state index < -0.39 is 0 Å². The summed E-state index contributed by atoms with van der Waals surface area (Å²) in [6.07, 6.45) is 10.8. The summed E-state index contributed by atoms with van der Waals surface area (Å²) in [5, 5.41) is 7.77. The van der Waals surface area contributed by atoms with Gasteiger partial charge in [0.2, 0.25) is 0 Å². The van der Waals surface area contributed by atoms with Crippen LogP contribution in [0.15, 0.2) is 67.1 Å². The van der Waals surface area contributed by atoms with Crippen LogP contribution in [0.25, 0.3) is 16.9 Å². The van der Waals surface area contributed by atoms with Gasteiger partial charge in [-0.15, -0.1) is 6.42 Å². The van der Waals surface area contributed by atoms with Gasteiger partial charge in [-0.1, -0.05) is 42.3 Å². The first-order valence-corrected chi connectivity index (χ1v) is 7.89. The van der Waals surface area contributed by atoms with Crippen LogP contribution in [0.4, 0.5) is 5.82 Å². The second-order valence-electron chi connectivity index (χ2n) is 5.55. The largest absolute Gasteiger partial charge is 0.366 e. The molecule has 0 bridgehead atoms. The minimum atomic E-state index is 0.631. The fourth-order valence-electron chi connectivity index (χ4n) is 2.64. The molecular formula is C20H15N5. The molecule has 3 heterocycles. The predicted octanol–water partition coefficient (Wildman–Crippen LogP) is 3.38. The third kappa shape index (κ3) is 2.93. The number of aromatic nitrogens is 4. The zero-order valence-corrected chi connectivity index (χ0v) is 13.4. The van der Waals surface area contributed by atoms with Crippen LogP contribution in [-0.2, 0) is 6.54 Å². The van der Waals surface area contributed by atoms with Crippen LogP contribution in [-0.4, -0.2) is 19.6 Å². The predicted molar refractivity (Wildman–Crippen MR) is 97.9 cm³/mol. The molecule has 0 aliphatic rings. The van der Waals surface area contributed by atoms with Crippen molar-refractivity contribution < 1.29 is 0 Å². The third-order valence-electron chi connectivity index (χ3n) is 3.89. The molecule has 120 valence electrons. The topological polar surface area (TPSA) is 55.1 Å². The molecule has 0 unspecified atom stereocenters. The molecule has 0 aliphatic heterocycles. The zero-order valence-electron chi connectivity index (χ0n) is 13.4. The normalized spacial score (nSPS) is 10.5. The summed E-state index contributed by atoms with van der Waals surface area (Å²) in [5.41, 5.74) is 4.29. The van der Waals surface area contributed by atoms with Gasteiger partial charge in [0.15, 0.2) is 5.65 Å². The van der Waals surface area contributed by atoms with Crippen LogP contribution >= 0.6 is 0 Å². The molecule has 0 aliphatic carbocycles. The molecule has 3 aromatic heterocycles. The van der Waals surface area contributed by atoms with Crippen molar-refractivity contribution in [3.63, 3.8) is 0 Å². The van der Waals surface area contributed by atoms with Gasteiger partial charge in [0.25, 0.3) is 0 Å². The van der Waals surface area contributed by atoms with E-state index in [1.807, 2.05) is 54.7 Å². The molecular weight excluding hydrogens is 310 g/mol. The van der Waals surface area contributed by atoms with E-state index in [0.717, 1.165) is 22.6 Å². The quantitative estimate of drug-likeness (QED) is 0.584. The zero-order chi connectivity index (χ0) is 17.1. The standard InChI is InChI=1S/C20H15N5/c1-2-16-14-23-25-19(22-13-15-7-6-10-21-12-15)11-18(24-20(16)25)17-8-4-3-5-9-17/h1,3-12,14,22H,13H2. The van der Waals surface area contributed by atoms with E-state index in [2.05, 4.69) is 21.3 Å². The molecule has 4 aromatic rings. The third-order valence-corrected chi connectivity index (χ3v) is 3.89. The van der Waals surface area contributed by atoms with Crippen molar-refractivity contribution >= 4 is 11.5 Å². The molecule has 0 amide bonds. The molecule has 4 rings (SSSR count). The molecule has 0 saturated heterocycles. The van der Waals surface area contributed by atoms with Crippen molar-refractivity contribution in [3.8, 4) is 23.6 Å². The summed E-state index contributed by atoms with van der Waals surface area (Å²) in [6.45, 7) is 0.631. The van der Waals surface area contributed by atoms with Crippen molar-refractivity contribution in [2.24, 2.45) is 0 Å². The van der Waals surface area contributed by atoms with Gasteiger partial charge in [-0.25, -0.2) is 4.98 Å². The van der Waals surface area contributed by atoms with E-state index in [9.17, 15) is 0 Å². The average Bonchev–Trinajstić information content (AvgIpc) is 3.11. The maximum atomic E-state index is 5.59. The van der Waals surface area contributed by atoms with Gasteiger partial charge in [0.1, 0.15) is 5.82 Å². The molecule has 0 saturated carbocycles. The van der Waals surface area contributed by atoms with Crippen LogP contribution in [0.5, 0.6) is 0 Å². The Labute approximate surface area is 145 Å². The number of rotatable bonds is 4. The smallest absolute Gasteiger partial charge is 0.173 e. The lowest BCUT2D eigenvalue weighted by Crippen LogP contribution is -2.07. The summed E-state index contributed by atoms with van der Waals surface area (Å²) >= 11 is 0. The number of hydrogen-bond donors (Lipinski definition) is 1. The Bertz CT molecular complexity index is 1050. The monoisotopic (exact) mass is 325 g/mol. The number of nitrogens with one attached hydrogen (secondary N) is 1. The SMILES string of the molecule is C#Cc1cnn2c(NCc3cccnc3)cc(-c3ccccc3)nc12. The highest BCUT2D eigenvalue weighted by atomic mass is 15.3. The number of anilines is 1. The fourth-order valence-corrected chi connectivity index (χ4v) is 2.64. The summed E-state index contributed by atoms with van der Waals surface area (Å²) in [6, 6.07) is 15.9. The molecule has 1 aromatic carbocycles. The number of pyridine rings is 1. The van der Waals surface area contributed by atoms with E-state index in [1.165, 1.54) is 0 Å². The van der Waals surface area contributed by atoms with Crippen LogP contribution in [0, 0.1) is 12.3 Å². The summed E-state index contributed by atoms with van der Waals surface area (Å²) in [5.74, 6) is 3.47. The molecule has 0 fully saturated rings. The number of fused-ring (bicyclic) bond motifs is 1. The number of hydrogen-bond acceptors (Lipinski definition) is 4. The van der Waals surface area contributed by atoms with Gasteiger partial charge in [-0.05, 0) is 11.6 Å². The van der Waals surface area contributed by atoms with E-state index >= 15 is 0 Å². The lowest BCUT2D eigenvalue weighted by Gasteiger charge is -2.11. The van der Waals surface area contributed by atoms with Crippen LogP contribution in [0.1, 0.15) is 11.1 Å². The highest BCUT2D eigenvalue weighted by molar-refractivity contribution is 5.69. The minimum absolute atomic E-state index is 0.631. The Kier molecular flexibility index (Phi) is 3.85. The van der Waals surface area contributed by atoms with Gasteiger partial charge in [0, 0.05) is 30.6 Å². The van der Waals surface area contributed by atoms with Gasteiger partial charge in [-0.3, -0.25) is 4.98 Å². The highest BCUT2D eigenvalue weighted by Crippen LogP contribution is 2.23. The second kappa shape index (κ2) is 6.46. The lowest BCUT2D eigenvalue weighted by molar-refractivity contribution is 0.925. The van der Waals surface area contributed by atoms with E-state index in [-0.39, 0.29) is 0 Å². The Morgan fingerprint density at radius 3 is 2.72 bits per heavy atom. The fraction of sp³-hybridized carbons (Fsp3) is 0.0500. The van der Waals surface area contributed by atoms with E-state index in [4.69, 9.17) is 11.4 Å². The van der Waals surface area contributed by atoms with Gasteiger partial charge < -0.3 is 5.32 Å². The number of terminal acetylenes is 1. The number of benzene rings is 1. The Hall–Kier alpha value is -3.65. The average molecular weight is 325 g/mol. The van der Waals surface area contributed by atoms with Gasteiger partial charge >= 0.3 is 0 Å². The molecule has 1 N–H and O–H groups in total. The van der Waals surface area contributed by atoms with Crippen molar-refractivity contribution in [3.05, 3.63) is 78.2 Å². The Morgan fingerprint density at radius 2 is 1.96 bits per heavy atom. The minimum Gasteiger partial charge on any atom is -0.366 e. The molecule has 0 atom stereocenters. The number of nitrogens with zero attached hydrogens (tertiary/aromatic N) is 4. The van der Waals surface area contributed by atoms with Crippen molar-refractivity contribution in [2.45, 2.75) is 6.54 Å². The van der Waals surface area contributed by atoms with Crippen LogP contribution in [0.3, 0.4) is 0 Å². The molecule has 0 spiro atoms. The molecule has 5 heteroatoms. The van der Waals surface area contributed by atoms with Crippen LogP contribution < -0.4 is 5.32 Å². The van der Waals surface area contributed by atoms with Crippen molar-refractivity contribution in [1.82, 2.24) is 19.6 Å². The van der Waals surface area contributed by atoms with Gasteiger partial charge in [-0.2, -0.15) is 9.61 Å². The maximum absolute atomic E-state index is 5.59. The van der Waals surface area contributed by atoms with E-state index in [0.29, 0.717) is 17.8 Å². The molecule has 5 nitrogen and oxygen atoms in total. The summed E-state index contributed by atoms with van der Waals surface area (Å²) in [7, 11) is 0. The molecule has 0 radical (unpaired) electrons. The summed E-state index contributed by atoms with van der Waals surface area (Å²) < 4.78 is 1.73. The first-order valence-electron chi connectivity index (χ1n) is 7.89. The van der Waals surface area contributed by atoms with Crippen LogP contribution in [0.2, 0.25) is 0 Å². The van der Waals surface area contributed by atoms with Crippen molar-refractivity contribution in [2.75, 3.05) is 5.32 Å². The highest BCUT2D eigenvalue weighted by Gasteiger charge is 2.11. The Balaban J connectivity index is 1.79. The first kappa shape index (κ1) is 14.9.